The molecule has 1 amide bonds. The van der Waals surface area contributed by atoms with Crippen molar-refractivity contribution in [1.29, 1.82) is 0 Å². The maximum atomic E-state index is 12.0. The highest BCUT2D eigenvalue weighted by atomic mass is 16.3. The van der Waals surface area contributed by atoms with Crippen molar-refractivity contribution in [2.45, 2.75) is 25.4 Å². The van der Waals surface area contributed by atoms with Crippen LogP contribution in [0.3, 0.4) is 0 Å². The normalized spacial score (nSPS) is 13.6. The van der Waals surface area contributed by atoms with Gasteiger partial charge in [-0.15, -0.1) is 0 Å². The lowest BCUT2D eigenvalue weighted by Crippen LogP contribution is -2.43. The molecular weight excluding hydrogens is 272 g/mol. The van der Waals surface area contributed by atoms with Crippen molar-refractivity contribution in [2.24, 2.45) is 5.73 Å². The second-order valence-electron chi connectivity index (χ2n) is 4.84. The minimum Gasteiger partial charge on any atom is -0.504 e. The molecule has 0 aliphatic heterocycles. The fraction of sp³-hybridized carbons (Fsp3) is 0.286. The number of nitrogens with zero attached hydrogens (tertiary/aromatic N) is 1. The third kappa shape index (κ3) is 3.73. The number of amides is 1. The first kappa shape index (κ1) is 14.9. The van der Waals surface area contributed by atoms with Gasteiger partial charge in [0.1, 0.15) is 5.82 Å². The van der Waals surface area contributed by atoms with E-state index in [0.29, 0.717) is 11.4 Å². The van der Waals surface area contributed by atoms with Crippen LogP contribution in [0.1, 0.15) is 24.4 Å². The number of aromatic hydroxyl groups is 2. The van der Waals surface area contributed by atoms with Crippen LogP contribution in [0.4, 0.5) is 0 Å². The second kappa shape index (κ2) is 6.27. The van der Waals surface area contributed by atoms with E-state index in [4.69, 9.17) is 5.73 Å². The average molecular weight is 290 g/mol. The number of phenols is 2. The van der Waals surface area contributed by atoms with E-state index in [9.17, 15) is 15.0 Å². The number of benzene rings is 1. The summed E-state index contributed by atoms with van der Waals surface area (Å²) < 4.78 is 0. The van der Waals surface area contributed by atoms with Crippen LogP contribution in [0.15, 0.2) is 30.6 Å². The van der Waals surface area contributed by atoms with Crippen molar-refractivity contribution in [3.8, 4) is 11.5 Å². The van der Waals surface area contributed by atoms with Crippen LogP contribution < -0.4 is 11.1 Å². The van der Waals surface area contributed by atoms with E-state index in [1.54, 1.807) is 25.4 Å². The third-order valence-corrected chi connectivity index (χ3v) is 3.12. The number of hydrogen-bond donors (Lipinski definition) is 5. The SMILES string of the molecule is CC(NC(=O)[C@@H](N)Cc1ccc(O)c(O)c1)c1ncc[nH]1. The van der Waals surface area contributed by atoms with Gasteiger partial charge >= 0.3 is 0 Å². The van der Waals surface area contributed by atoms with Crippen LogP contribution in [0.5, 0.6) is 11.5 Å². The maximum absolute atomic E-state index is 12.0. The summed E-state index contributed by atoms with van der Waals surface area (Å²) in [5.41, 5.74) is 6.52. The van der Waals surface area contributed by atoms with Gasteiger partial charge in [-0.2, -0.15) is 0 Å². The summed E-state index contributed by atoms with van der Waals surface area (Å²) in [7, 11) is 0. The molecule has 1 aromatic carbocycles. The minimum atomic E-state index is -0.758. The van der Waals surface area contributed by atoms with E-state index in [1.165, 1.54) is 12.1 Å². The number of nitrogens with two attached hydrogens (primary N) is 1. The molecule has 0 saturated carbocycles. The van der Waals surface area contributed by atoms with E-state index in [1.807, 2.05) is 0 Å². The summed E-state index contributed by atoms with van der Waals surface area (Å²) in [6.45, 7) is 1.80. The molecule has 1 unspecified atom stereocenters. The number of H-pyrrole nitrogens is 1. The molecule has 0 saturated heterocycles. The molecule has 0 radical (unpaired) electrons. The molecule has 112 valence electrons. The molecule has 2 rings (SSSR count). The molecule has 7 heteroatoms. The number of hydrogen-bond acceptors (Lipinski definition) is 5. The highest BCUT2D eigenvalue weighted by Crippen LogP contribution is 2.25. The zero-order chi connectivity index (χ0) is 15.4. The van der Waals surface area contributed by atoms with Crippen molar-refractivity contribution in [1.82, 2.24) is 15.3 Å². The zero-order valence-corrected chi connectivity index (χ0v) is 11.6. The van der Waals surface area contributed by atoms with Gasteiger partial charge < -0.3 is 26.2 Å². The van der Waals surface area contributed by atoms with Crippen LogP contribution in [0.2, 0.25) is 0 Å². The first-order chi connectivity index (χ1) is 9.97. The quantitative estimate of drug-likeness (QED) is 0.515. The Morgan fingerprint density at radius 3 is 2.81 bits per heavy atom. The first-order valence-electron chi connectivity index (χ1n) is 6.53. The Morgan fingerprint density at radius 1 is 1.43 bits per heavy atom. The van der Waals surface area contributed by atoms with Crippen molar-refractivity contribution in [3.63, 3.8) is 0 Å². The zero-order valence-electron chi connectivity index (χ0n) is 11.6. The molecule has 0 fully saturated rings. The number of nitrogens with one attached hydrogen (secondary N) is 2. The average Bonchev–Trinajstić information content (AvgIpc) is 2.97. The van der Waals surface area contributed by atoms with E-state index in [0.717, 1.165) is 0 Å². The van der Waals surface area contributed by atoms with Gasteiger partial charge in [-0.25, -0.2) is 4.98 Å². The van der Waals surface area contributed by atoms with E-state index in [-0.39, 0.29) is 29.9 Å². The van der Waals surface area contributed by atoms with Gasteiger partial charge in [0, 0.05) is 12.4 Å². The minimum absolute atomic E-state index is 0.205. The lowest BCUT2D eigenvalue weighted by atomic mass is 10.0. The summed E-state index contributed by atoms with van der Waals surface area (Å²) in [5.74, 6) is -0.100. The van der Waals surface area contributed by atoms with Crippen LogP contribution >= 0.6 is 0 Å². The molecule has 0 aliphatic rings. The van der Waals surface area contributed by atoms with Gasteiger partial charge in [-0.3, -0.25) is 4.79 Å². The first-order valence-corrected chi connectivity index (χ1v) is 6.53. The van der Waals surface area contributed by atoms with Crippen LogP contribution in [-0.2, 0) is 11.2 Å². The Kier molecular flexibility index (Phi) is 4.44. The number of carbonyl (C=O) groups is 1. The molecule has 0 bridgehead atoms. The van der Waals surface area contributed by atoms with Crippen LogP contribution in [0.25, 0.3) is 0 Å². The van der Waals surface area contributed by atoms with Gasteiger partial charge in [0.05, 0.1) is 12.1 Å². The molecule has 1 aromatic heterocycles. The van der Waals surface area contributed by atoms with Gasteiger partial charge in [0.2, 0.25) is 5.91 Å². The fourth-order valence-electron chi connectivity index (χ4n) is 1.95. The predicted molar refractivity (Wildman–Crippen MR) is 76.6 cm³/mol. The number of phenolic OH excluding ortho intramolecular Hbond substituents is 2. The summed E-state index contributed by atoms with van der Waals surface area (Å²) in [6.07, 6.45) is 3.54. The molecule has 21 heavy (non-hydrogen) atoms. The van der Waals surface area contributed by atoms with Gasteiger partial charge in [-0.1, -0.05) is 6.07 Å². The van der Waals surface area contributed by atoms with Crippen molar-refractivity contribution < 1.29 is 15.0 Å². The van der Waals surface area contributed by atoms with Gasteiger partial charge in [0.25, 0.3) is 0 Å². The van der Waals surface area contributed by atoms with Gasteiger partial charge in [0.15, 0.2) is 11.5 Å². The standard InChI is InChI=1S/C14H18N4O3/c1-8(13-16-4-5-17-13)18-14(21)10(15)6-9-2-3-11(19)12(20)7-9/h2-5,7-8,10,19-20H,6,15H2,1H3,(H,16,17)(H,18,21)/t8?,10-/m0/s1. The van der Waals surface area contributed by atoms with E-state index < -0.39 is 6.04 Å². The third-order valence-electron chi connectivity index (χ3n) is 3.12. The van der Waals surface area contributed by atoms with Crippen LogP contribution in [-0.4, -0.2) is 32.1 Å². The molecule has 2 atom stereocenters. The molecule has 0 spiro atoms. The molecule has 6 N–H and O–H groups in total. The molecule has 0 aliphatic carbocycles. The number of imidazole rings is 1. The lowest BCUT2D eigenvalue weighted by molar-refractivity contribution is -0.123. The monoisotopic (exact) mass is 290 g/mol. The second-order valence-corrected chi connectivity index (χ2v) is 4.84. The number of carbonyl (C=O) groups excluding carboxylic acids is 1. The van der Waals surface area contributed by atoms with E-state index in [2.05, 4.69) is 15.3 Å². The topological polar surface area (TPSA) is 124 Å². The Labute approximate surface area is 121 Å². The summed E-state index contributed by atoms with van der Waals surface area (Å²) >= 11 is 0. The Hall–Kier alpha value is -2.54. The number of aromatic amines is 1. The molecule has 2 aromatic rings. The summed E-state index contributed by atoms with van der Waals surface area (Å²) in [4.78, 5) is 19.0. The molecule has 1 heterocycles. The summed E-state index contributed by atoms with van der Waals surface area (Å²) in [6, 6.07) is 3.33. The van der Waals surface area contributed by atoms with E-state index >= 15 is 0 Å². The number of rotatable bonds is 5. The van der Waals surface area contributed by atoms with Gasteiger partial charge in [-0.05, 0) is 31.0 Å². The van der Waals surface area contributed by atoms with Crippen molar-refractivity contribution >= 4 is 5.91 Å². The Balaban J connectivity index is 1.94. The molecular formula is C14H18N4O3. The molecule has 7 nitrogen and oxygen atoms in total. The van der Waals surface area contributed by atoms with Crippen LogP contribution in [0, 0.1) is 0 Å². The highest BCUT2D eigenvalue weighted by molar-refractivity contribution is 5.82. The van der Waals surface area contributed by atoms with Crippen molar-refractivity contribution in [3.05, 3.63) is 42.0 Å². The largest absolute Gasteiger partial charge is 0.504 e. The Morgan fingerprint density at radius 2 is 2.19 bits per heavy atom. The lowest BCUT2D eigenvalue weighted by Gasteiger charge is -2.16. The van der Waals surface area contributed by atoms with Crippen molar-refractivity contribution in [2.75, 3.05) is 0 Å². The highest BCUT2D eigenvalue weighted by Gasteiger charge is 2.18. The fourth-order valence-corrected chi connectivity index (χ4v) is 1.95. The smallest absolute Gasteiger partial charge is 0.237 e. The Bertz CT molecular complexity index is 613. The number of aromatic nitrogens is 2. The summed E-state index contributed by atoms with van der Waals surface area (Å²) in [5, 5.41) is 21.4. The maximum Gasteiger partial charge on any atom is 0.237 e. The predicted octanol–water partition coefficient (Wildman–Crippen LogP) is 0.568.